The fourth-order valence-electron chi connectivity index (χ4n) is 2.32. The number of hydrogen-bond acceptors (Lipinski definition) is 2. The lowest BCUT2D eigenvalue weighted by atomic mass is 9.84. The van der Waals surface area contributed by atoms with Crippen LogP contribution in [0.3, 0.4) is 0 Å². The number of amides is 1. The summed E-state index contributed by atoms with van der Waals surface area (Å²) in [7, 11) is 0. The predicted molar refractivity (Wildman–Crippen MR) is 92.7 cm³/mol. The second-order valence-corrected chi connectivity index (χ2v) is 7.21. The first-order valence-electron chi connectivity index (χ1n) is 7.02. The molecule has 0 saturated heterocycles. The van der Waals surface area contributed by atoms with Crippen molar-refractivity contribution in [3.63, 3.8) is 0 Å². The van der Waals surface area contributed by atoms with Crippen LogP contribution < -0.4 is 5.32 Å². The average Bonchev–Trinajstić information content (AvgIpc) is 2.70. The van der Waals surface area contributed by atoms with E-state index in [4.69, 9.17) is 16.0 Å². The third-order valence-electron chi connectivity index (χ3n) is 3.71. The molecule has 0 spiro atoms. The van der Waals surface area contributed by atoms with E-state index in [0.717, 1.165) is 5.56 Å². The Morgan fingerprint density at radius 1 is 1.32 bits per heavy atom. The van der Waals surface area contributed by atoms with Crippen molar-refractivity contribution >= 4 is 33.4 Å². The molecule has 1 N–H and O–H groups in total. The second-order valence-electron chi connectivity index (χ2n) is 5.98. The first-order chi connectivity index (χ1) is 10.2. The summed E-state index contributed by atoms with van der Waals surface area (Å²) in [6.07, 6.45) is 0. The summed E-state index contributed by atoms with van der Waals surface area (Å²) >= 11 is 9.45. The number of rotatable bonds is 4. The smallest absolute Gasteiger partial charge is 0.256 e. The maximum atomic E-state index is 12.4. The van der Waals surface area contributed by atoms with Gasteiger partial charge in [-0.1, -0.05) is 37.6 Å². The summed E-state index contributed by atoms with van der Waals surface area (Å²) in [4.78, 5) is 12.4. The number of benzene rings is 1. The molecule has 0 aliphatic rings. The Hall–Kier alpha value is -1.26. The van der Waals surface area contributed by atoms with E-state index < -0.39 is 0 Å². The highest BCUT2D eigenvalue weighted by Gasteiger charge is 2.25. The Balaban J connectivity index is 2.13. The van der Waals surface area contributed by atoms with Crippen molar-refractivity contribution in [3.05, 3.63) is 56.4 Å². The number of nitrogens with one attached hydrogen (secondary N) is 1. The quantitative estimate of drug-likeness (QED) is 0.804. The maximum absolute atomic E-state index is 12.4. The van der Waals surface area contributed by atoms with E-state index in [0.29, 0.717) is 33.1 Å². The highest BCUT2D eigenvalue weighted by atomic mass is 79.9. The molecule has 0 radical (unpaired) electrons. The number of carbonyl (C=O) groups is 1. The first-order valence-corrected chi connectivity index (χ1v) is 8.19. The zero-order chi connectivity index (χ0) is 16.5. The van der Waals surface area contributed by atoms with Gasteiger partial charge in [-0.3, -0.25) is 4.79 Å². The van der Waals surface area contributed by atoms with E-state index in [2.05, 4.69) is 35.1 Å². The SMILES string of the molecule is Cc1oc(C)c(C(=O)NCC(C)(C)c2cccc(Cl)c2)c1Br. The van der Waals surface area contributed by atoms with Crippen LogP contribution in [0.1, 0.15) is 41.3 Å². The molecule has 0 unspecified atom stereocenters. The largest absolute Gasteiger partial charge is 0.465 e. The van der Waals surface area contributed by atoms with Gasteiger partial charge in [0.05, 0.1) is 10.0 Å². The molecule has 0 saturated carbocycles. The Kier molecular flexibility index (Phi) is 5.03. The monoisotopic (exact) mass is 383 g/mol. The molecule has 1 aromatic heterocycles. The Morgan fingerprint density at radius 3 is 2.55 bits per heavy atom. The molecule has 22 heavy (non-hydrogen) atoms. The number of hydrogen-bond donors (Lipinski definition) is 1. The van der Waals surface area contributed by atoms with Crippen LogP contribution in [-0.4, -0.2) is 12.5 Å². The van der Waals surface area contributed by atoms with Crippen molar-refractivity contribution in [1.29, 1.82) is 0 Å². The number of carbonyl (C=O) groups excluding carboxylic acids is 1. The Labute approximate surface area is 144 Å². The molecule has 1 heterocycles. The van der Waals surface area contributed by atoms with E-state index in [-0.39, 0.29) is 11.3 Å². The van der Waals surface area contributed by atoms with Gasteiger partial charge in [0, 0.05) is 17.0 Å². The van der Waals surface area contributed by atoms with Crippen LogP contribution >= 0.6 is 27.5 Å². The van der Waals surface area contributed by atoms with Crippen molar-refractivity contribution in [3.8, 4) is 0 Å². The van der Waals surface area contributed by atoms with Crippen LogP contribution in [0.2, 0.25) is 5.02 Å². The van der Waals surface area contributed by atoms with Crippen LogP contribution in [0.5, 0.6) is 0 Å². The molecular formula is C17H19BrClNO2. The van der Waals surface area contributed by atoms with E-state index in [1.165, 1.54) is 0 Å². The highest BCUT2D eigenvalue weighted by Crippen LogP contribution is 2.28. The Bertz CT molecular complexity index is 707. The molecular weight excluding hydrogens is 366 g/mol. The van der Waals surface area contributed by atoms with Gasteiger partial charge in [-0.05, 0) is 47.5 Å². The molecule has 1 aromatic carbocycles. The molecule has 0 atom stereocenters. The van der Waals surface area contributed by atoms with Crippen LogP contribution in [-0.2, 0) is 5.41 Å². The number of furan rings is 1. The third-order valence-corrected chi connectivity index (χ3v) is 4.90. The fourth-order valence-corrected chi connectivity index (χ4v) is 3.05. The van der Waals surface area contributed by atoms with E-state index in [1.54, 1.807) is 6.92 Å². The first kappa shape index (κ1) is 17.1. The number of aryl methyl sites for hydroxylation is 2. The molecule has 5 heteroatoms. The minimum atomic E-state index is -0.222. The zero-order valence-corrected chi connectivity index (χ0v) is 15.4. The molecule has 0 bridgehead atoms. The maximum Gasteiger partial charge on any atom is 0.256 e. The molecule has 118 valence electrons. The van der Waals surface area contributed by atoms with E-state index >= 15 is 0 Å². The second kappa shape index (κ2) is 6.47. The van der Waals surface area contributed by atoms with Crippen LogP contribution in [0.4, 0.5) is 0 Å². The fraction of sp³-hybridized carbons (Fsp3) is 0.353. The third kappa shape index (κ3) is 3.55. The van der Waals surface area contributed by atoms with Gasteiger partial charge in [0.25, 0.3) is 5.91 Å². The van der Waals surface area contributed by atoms with Crippen LogP contribution in [0.15, 0.2) is 33.2 Å². The van der Waals surface area contributed by atoms with Gasteiger partial charge >= 0.3 is 0 Å². The van der Waals surface area contributed by atoms with Gasteiger partial charge in [-0.25, -0.2) is 0 Å². The summed E-state index contributed by atoms with van der Waals surface area (Å²) in [6, 6.07) is 7.70. The predicted octanol–water partition coefficient (Wildman–Crippen LogP) is 5.02. The van der Waals surface area contributed by atoms with Crippen molar-refractivity contribution in [2.45, 2.75) is 33.1 Å². The highest BCUT2D eigenvalue weighted by molar-refractivity contribution is 9.10. The Morgan fingerprint density at radius 2 is 2.00 bits per heavy atom. The van der Waals surface area contributed by atoms with Gasteiger partial charge < -0.3 is 9.73 Å². The van der Waals surface area contributed by atoms with Crippen molar-refractivity contribution in [2.24, 2.45) is 0 Å². The van der Waals surface area contributed by atoms with Crippen LogP contribution in [0.25, 0.3) is 0 Å². The molecule has 2 aromatic rings. The standard InChI is InChI=1S/C17H19BrClNO2/c1-10-14(15(18)11(2)22-10)16(21)20-9-17(3,4)12-6-5-7-13(19)8-12/h5-8H,9H2,1-4H3,(H,20,21). The number of halogens is 2. The van der Waals surface area contributed by atoms with Crippen molar-refractivity contribution in [2.75, 3.05) is 6.54 Å². The van der Waals surface area contributed by atoms with Gasteiger partial charge in [0.2, 0.25) is 0 Å². The average molecular weight is 385 g/mol. The summed E-state index contributed by atoms with van der Waals surface area (Å²) in [6.45, 7) is 8.25. The van der Waals surface area contributed by atoms with Crippen LogP contribution in [0, 0.1) is 13.8 Å². The van der Waals surface area contributed by atoms with Gasteiger partial charge in [-0.15, -0.1) is 0 Å². The van der Waals surface area contributed by atoms with Crippen molar-refractivity contribution in [1.82, 2.24) is 5.32 Å². The van der Waals surface area contributed by atoms with Gasteiger partial charge in [-0.2, -0.15) is 0 Å². The minimum Gasteiger partial charge on any atom is -0.465 e. The molecule has 0 aliphatic heterocycles. The normalized spacial score (nSPS) is 11.5. The molecule has 0 aliphatic carbocycles. The lowest BCUT2D eigenvalue weighted by Crippen LogP contribution is -2.36. The summed E-state index contributed by atoms with van der Waals surface area (Å²) in [5.74, 6) is 1.18. The molecule has 1 amide bonds. The summed E-state index contributed by atoms with van der Waals surface area (Å²) < 4.78 is 6.18. The lowest BCUT2D eigenvalue weighted by Gasteiger charge is -2.26. The van der Waals surface area contributed by atoms with Gasteiger partial charge in [0.1, 0.15) is 11.5 Å². The minimum absolute atomic E-state index is 0.142. The van der Waals surface area contributed by atoms with Gasteiger partial charge in [0.15, 0.2) is 0 Å². The van der Waals surface area contributed by atoms with E-state index in [1.807, 2.05) is 31.2 Å². The van der Waals surface area contributed by atoms with Crippen molar-refractivity contribution < 1.29 is 9.21 Å². The molecule has 2 rings (SSSR count). The summed E-state index contributed by atoms with van der Waals surface area (Å²) in [5, 5.41) is 3.68. The zero-order valence-electron chi connectivity index (χ0n) is 13.1. The molecule has 3 nitrogen and oxygen atoms in total. The molecule has 0 fully saturated rings. The summed E-state index contributed by atoms with van der Waals surface area (Å²) in [5.41, 5.74) is 1.42. The van der Waals surface area contributed by atoms with E-state index in [9.17, 15) is 4.79 Å². The topological polar surface area (TPSA) is 42.2 Å². The lowest BCUT2D eigenvalue weighted by molar-refractivity contribution is 0.0943.